The molecule has 2 heterocycles. The highest BCUT2D eigenvalue weighted by molar-refractivity contribution is 6.30. The Balaban J connectivity index is 1.32. The number of hydrogen-bond acceptors (Lipinski definition) is 4. The molecule has 144 valence electrons. The molecule has 0 aromatic heterocycles. The van der Waals surface area contributed by atoms with Gasteiger partial charge in [-0.1, -0.05) is 35.9 Å². The van der Waals surface area contributed by atoms with Gasteiger partial charge in [0.2, 0.25) is 0 Å². The monoisotopic (exact) mass is 386 g/mol. The van der Waals surface area contributed by atoms with Crippen molar-refractivity contribution in [1.82, 2.24) is 9.80 Å². The highest BCUT2D eigenvalue weighted by Gasteiger charge is 2.37. The van der Waals surface area contributed by atoms with Crippen LogP contribution in [0.4, 0.5) is 0 Å². The van der Waals surface area contributed by atoms with Crippen LogP contribution in [0.5, 0.6) is 5.75 Å². The predicted molar refractivity (Wildman–Crippen MR) is 108 cm³/mol. The average Bonchev–Trinajstić information content (AvgIpc) is 3.05. The van der Waals surface area contributed by atoms with Gasteiger partial charge in [0.15, 0.2) is 0 Å². The molecule has 2 atom stereocenters. The zero-order valence-corrected chi connectivity index (χ0v) is 16.2. The van der Waals surface area contributed by atoms with Crippen molar-refractivity contribution in [2.75, 3.05) is 19.6 Å². The lowest BCUT2D eigenvalue weighted by atomic mass is 9.88. The number of halogens is 1. The number of hydrogen-bond donors (Lipinski definition) is 2. The fourth-order valence-electron chi connectivity index (χ4n) is 4.50. The van der Waals surface area contributed by atoms with Gasteiger partial charge < -0.3 is 10.2 Å². The van der Waals surface area contributed by atoms with Gasteiger partial charge >= 0.3 is 0 Å². The van der Waals surface area contributed by atoms with E-state index in [1.165, 1.54) is 11.1 Å². The summed E-state index contributed by atoms with van der Waals surface area (Å²) < 4.78 is 0. The van der Waals surface area contributed by atoms with Crippen molar-refractivity contribution >= 4 is 11.6 Å². The number of likely N-dealkylation sites (tertiary alicyclic amines) is 2. The van der Waals surface area contributed by atoms with Gasteiger partial charge in [-0.25, -0.2) is 0 Å². The smallest absolute Gasteiger partial charge is 0.123 e. The SMILES string of the molecule is Oc1ccc(C2CCN(C3CCN(Cc4ccc(Cl)cc4)C3O)CC2)cc1. The molecule has 0 radical (unpaired) electrons. The maximum Gasteiger partial charge on any atom is 0.123 e. The number of nitrogens with zero attached hydrogens (tertiary/aromatic N) is 2. The molecule has 0 bridgehead atoms. The topological polar surface area (TPSA) is 46.9 Å². The molecule has 2 aliphatic heterocycles. The third-order valence-corrected chi connectivity index (χ3v) is 6.34. The Morgan fingerprint density at radius 2 is 1.56 bits per heavy atom. The second kappa shape index (κ2) is 8.19. The quantitative estimate of drug-likeness (QED) is 0.838. The first-order chi connectivity index (χ1) is 13.1. The van der Waals surface area contributed by atoms with Crippen LogP contribution in [0.3, 0.4) is 0 Å². The molecule has 0 amide bonds. The standard InChI is InChI=1S/C22H27ClN2O2/c23-19-5-1-16(2-6-19)15-25-14-11-21(22(25)27)24-12-9-18(10-13-24)17-3-7-20(26)8-4-17/h1-8,18,21-22,26-27H,9-15H2. The van der Waals surface area contributed by atoms with Crippen LogP contribution in [-0.2, 0) is 6.54 Å². The van der Waals surface area contributed by atoms with E-state index in [0.717, 1.165) is 50.5 Å². The van der Waals surface area contributed by atoms with Crippen LogP contribution in [0.2, 0.25) is 5.02 Å². The summed E-state index contributed by atoms with van der Waals surface area (Å²) in [6.07, 6.45) is 2.81. The lowest BCUT2D eigenvalue weighted by molar-refractivity contribution is -0.0256. The van der Waals surface area contributed by atoms with Crippen LogP contribution in [0.15, 0.2) is 48.5 Å². The Kier molecular flexibility index (Phi) is 5.69. The summed E-state index contributed by atoms with van der Waals surface area (Å²) in [6, 6.07) is 15.7. The minimum Gasteiger partial charge on any atom is -0.508 e. The largest absolute Gasteiger partial charge is 0.508 e. The molecule has 2 aromatic rings. The number of benzene rings is 2. The lowest BCUT2D eigenvalue weighted by Gasteiger charge is -2.38. The summed E-state index contributed by atoms with van der Waals surface area (Å²) in [5.41, 5.74) is 2.49. The molecule has 0 saturated carbocycles. The van der Waals surface area contributed by atoms with Gasteiger partial charge in [-0.05, 0) is 73.7 Å². The number of aliphatic hydroxyl groups excluding tert-OH is 1. The number of aliphatic hydroxyl groups is 1. The van der Waals surface area contributed by atoms with Gasteiger partial charge in [0, 0.05) is 18.1 Å². The van der Waals surface area contributed by atoms with Crippen molar-refractivity contribution in [2.45, 2.75) is 44.0 Å². The van der Waals surface area contributed by atoms with Crippen molar-refractivity contribution < 1.29 is 10.2 Å². The highest BCUT2D eigenvalue weighted by atomic mass is 35.5. The highest BCUT2D eigenvalue weighted by Crippen LogP contribution is 2.32. The van der Waals surface area contributed by atoms with Gasteiger partial charge in [0.05, 0.1) is 6.04 Å². The van der Waals surface area contributed by atoms with E-state index in [1.807, 2.05) is 36.4 Å². The van der Waals surface area contributed by atoms with Crippen LogP contribution < -0.4 is 0 Å². The lowest BCUT2D eigenvalue weighted by Crippen LogP contribution is -2.47. The maximum absolute atomic E-state index is 10.9. The van der Waals surface area contributed by atoms with Crippen LogP contribution in [-0.4, -0.2) is 51.9 Å². The normalized spacial score (nSPS) is 25.1. The minimum atomic E-state index is -0.411. The number of aromatic hydroxyl groups is 1. The minimum absolute atomic E-state index is 0.220. The van der Waals surface area contributed by atoms with E-state index in [2.05, 4.69) is 9.80 Å². The zero-order valence-electron chi connectivity index (χ0n) is 15.5. The molecule has 4 nitrogen and oxygen atoms in total. The summed E-state index contributed by atoms with van der Waals surface area (Å²) in [6.45, 7) is 3.72. The molecular formula is C22H27ClN2O2. The molecule has 0 aliphatic carbocycles. The summed E-state index contributed by atoms with van der Waals surface area (Å²) in [5.74, 6) is 0.872. The Morgan fingerprint density at radius 1 is 0.889 bits per heavy atom. The molecule has 2 aromatic carbocycles. The van der Waals surface area contributed by atoms with Crippen molar-refractivity contribution in [3.8, 4) is 5.75 Å². The molecule has 2 saturated heterocycles. The number of phenols is 1. The summed E-state index contributed by atoms with van der Waals surface area (Å²) in [4.78, 5) is 4.63. The van der Waals surface area contributed by atoms with Gasteiger partial charge in [-0.15, -0.1) is 0 Å². The molecule has 2 N–H and O–H groups in total. The second-order valence-corrected chi connectivity index (χ2v) is 8.20. The third-order valence-electron chi connectivity index (χ3n) is 6.09. The van der Waals surface area contributed by atoms with E-state index < -0.39 is 6.23 Å². The Hall–Kier alpha value is -1.59. The second-order valence-electron chi connectivity index (χ2n) is 7.77. The average molecular weight is 387 g/mol. The fraction of sp³-hybridized carbons (Fsp3) is 0.455. The van der Waals surface area contributed by atoms with Crippen molar-refractivity contribution in [3.05, 3.63) is 64.7 Å². The van der Waals surface area contributed by atoms with E-state index in [-0.39, 0.29) is 6.04 Å². The van der Waals surface area contributed by atoms with E-state index in [1.54, 1.807) is 12.1 Å². The Labute approximate surface area is 166 Å². The first kappa shape index (κ1) is 18.8. The van der Waals surface area contributed by atoms with Gasteiger partial charge in [-0.2, -0.15) is 0 Å². The van der Waals surface area contributed by atoms with Crippen LogP contribution in [0.25, 0.3) is 0 Å². The van der Waals surface area contributed by atoms with Gasteiger partial charge in [0.25, 0.3) is 0 Å². The first-order valence-corrected chi connectivity index (χ1v) is 10.2. The maximum atomic E-state index is 10.9. The van der Waals surface area contributed by atoms with E-state index >= 15 is 0 Å². The fourth-order valence-corrected chi connectivity index (χ4v) is 4.63. The number of phenolic OH excluding ortho intramolecular Hbond substituents is 1. The van der Waals surface area contributed by atoms with E-state index in [9.17, 15) is 10.2 Å². The van der Waals surface area contributed by atoms with Crippen molar-refractivity contribution in [1.29, 1.82) is 0 Å². The molecule has 2 unspecified atom stereocenters. The molecule has 2 fully saturated rings. The van der Waals surface area contributed by atoms with Crippen LogP contribution in [0, 0.1) is 0 Å². The molecule has 27 heavy (non-hydrogen) atoms. The van der Waals surface area contributed by atoms with Crippen LogP contribution in [0.1, 0.15) is 36.3 Å². The molecule has 4 rings (SSSR count). The Morgan fingerprint density at radius 3 is 2.22 bits per heavy atom. The van der Waals surface area contributed by atoms with Crippen molar-refractivity contribution in [3.63, 3.8) is 0 Å². The summed E-state index contributed by atoms with van der Waals surface area (Å²) >= 11 is 5.96. The van der Waals surface area contributed by atoms with Crippen molar-refractivity contribution in [2.24, 2.45) is 0 Å². The zero-order chi connectivity index (χ0) is 18.8. The number of piperidine rings is 1. The van der Waals surface area contributed by atoms with E-state index in [0.29, 0.717) is 11.7 Å². The molecule has 2 aliphatic rings. The summed E-state index contributed by atoms with van der Waals surface area (Å²) in [5, 5.41) is 21.1. The van der Waals surface area contributed by atoms with Gasteiger partial charge in [0.1, 0.15) is 12.0 Å². The van der Waals surface area contributed by atoms with E-state index in [4.69, 9.17) is 11.6 Å². The van der Waals surface area contributed by atoms with Crippen LogP contribution >= 0.6 is 11.6 Å². The number of rotatable bonds is 4. The van der Waals surface area contributed by atoms with Gasteiger partial charge in [-0.3, -0.25) is 9.80 Å². The third kappa shape index (κ3) is 4.30. The predicted octanol–water partition coefficient (Wildman–Crippen LogP) is 3.82. The summed E-state index contributed by atoms with van der Waals surface area (Å²) in [7, 11) is 0. The molecule has 5 heteroatoms. The molecular weight excluding hydrogens is 360 g/mol. The molecule has 0 spiro atoms. The Bertz CT molecular complexity index is 742. The first-order valence-electron chi connectivity index (χ1n) is 9.80.